The summed E-state index contributed by atoms with van der Waals surface area (Å²) in [6.07, 6.45) is 0. The maximum absolute atomic E-state index is 13.2. The Morgan fingerprint density at radius 3 is 2.45 bits per heavy atom. The molecule has 2 aliphatic heterocycles. The zero-order valence-electron chi connectivity index (χ0n) is 17.2. The molecule has 0 aliphatic carbocycles. The molecule has 0 bridgehead atoms. The number of carbonyl (C=O) groups is 2. The highest BCUT2D eigenvalue weighted by Gasteiger charge is 2.38. The van der Waals surface area contributed by atoms with Gasteiger partial charge >= 0.3 is 12.0 Å². The van der Waals surface area contributed by atoms with Gasteiger partial charge in [0.15, 0.2) is 0 Å². The van der Waals surface area contributed by atoms with Crippen LogP contribution in [0.2, 0.25) is 5.02 Å². The SMILES string of the molecule is COC(=O)C1=C(C)NC(C)=C(N(C)C(=O)N2CCNCC2)C1c1ccccc1Cl. The average Bonchev–Trinajstić information content (AvgIpc) is 2.73. The number of esters is 1. The van der Waals surface area contributed by atoms with Crippen molar-refractivity contribution in [3.8, 4) is 0 Å². The van der Waals surface area contributed by atoms with E-state index in [1.807, 2.05) is 36.9 Å². The van der Waals surface area contributed by atoms with E-state index in [0.717, 1.165) is 24.4 Å². The molecule has 0 aromatic heterocycles. The summed E-state index contributed by atoms with van der Waals surface area (Å²) in [6.45, 7) is 6.52. The number of nitrogens with zero attached hydrogens (tertiary/aromatic N) is 2. The van der Waals surface area contributed by atoms with Gasteiger partial charge in [0.1, 0.15) is 0 Å². The Morgan fingerprint density at radius 1 is 1.17 bits per heavy atom. The maximum Gasteiger partial charge on any atom is 0.336 e. The molecule has 1 saturated heterocycles. The number of allylic oxidation sites excluding steroid dienone is 3. The number of ether oxygens (including phenoxy) is 1. The molecule has 156 valence electrons. The molecule has 8 heteroatoms. The second-order valence-electron chi connectivity index (χ2n) is 7.20. The predicted molar refractivity (Wildman–Crippen MR) is 112 cm³/mol. The number of nitrogens with one attached hydrogen (secondary N) is 2. The van der Waals surface area contributed by atoms with E-state index < -0.39 is 11.9 Å². The number of carbonyl (C=O) groups excluding carboxylic acids is 2. The van der Waals surface area contributed by atoms with Gasteiger partial charge in [-0.15, -0.1) is 0 Å². The lowest BCUT2D eigenvalue weighted by molar-refractivity contribution is -0.136. The zero-order chi connectivity index (χ0) is 21.1. The number of methoxy groups -OCH3 is 1. The fourth-order valence-electron chi connectivity index (χ4n) is 3.99. The summed E-state index contributed by atoms with van der Waals surface area (Å²) >= 11 is 6.52. The number of likely N-dealkylation sites (N-methyl/N-ethyl adjacent to an activating group) is 1. The summed E-state index contributed by atoms with van der Waals surface area (Å²) in [6, 6.07) is 7.27. The van der Waals surface area contributed by atoms with E-state index in [9.17, 15) is 9.59 Å². The molecule has 2 heterocycles. The van der Waals surface area contributed by atoms with Crippen LogP contribution in [0.5, 0.6) is 0 Å². The number of piperazine rings is 1. The second-order valence-corrected chi connectivity index (χ2v) is 7.61. The van der Waals surface area contributed by atoms with Gasteiger partial charge < -0.3 is 20.3 Å². The van der Waals surface area contributed by atoms with Gasteiger partial charge in [-0.1, -0.05) is 29.8 Å². The van der Waals surface area contributed by atoms with E-state index >= 15 is 0 Å². The Hall–Kier alpha value is -2.51. The number of urea groups is 1. The molecule has 1 unspecified atom stereocenters. The lowest BCUT2D eigenvalue weighted by Crippen LogP contribution is -2.51. The van der Waals surface area contributed by atoms with Gasteiger partial charge in [0.2, 0.25) is 0 Å². The molecule has 29 heavy (non-hydrogen) atoms. The first-order valence-corrected chi connectivity index (χ1v) is 9.99. The van der Waals surface area contributed by atoms with E-state index in [-0.39, 0.29) is 6.03 Å². The molecule has 3 rings (SSSR count). The third-order valence-electron chi connectivity index (χ3n) is 5.38. The molecule has 0 spiro atoms. The van der Waals surface area contributed by atoms with Crippen molar-refractivity contribution in [2.45, 2.75) is 19.8 Å². The van der Waals surface area contributed by atoms with Crippen molar-refractivity contribution >= 4 is 23.6 Å². The molecule has 2 amide bonds. The fraction of sp³-hybridized carbons (Fsp3) is 0.429. The number of amides is 2. The van der Waals surface area contributed by atoms with Crippen LogP contribution in [0.15, 0.2) is 46.9 Å². The topological polar surface area (TPSA) is 73.9 Å². The van der Waals surface area contributed by atoms with Crippen LogP contribution in [0, 0.1) is 0 Å². The number of halogens is 1. The Morgan fingerprint density at radius 2 is 1.83 bits per heavy atom. The molecule has 1 fully saturated rings. The Bertz CT molecular complexity index is 874. The fourth-order valence-corrected chi connectivity index (χ4v) is 4.24. The van der Waals surface area contributed by atoms with E-state index in [2.05, 4.69) is 10.6 Å². The minimum Gasteiger partial charge on any atom is -0.466 e. The van der Waals surface area contributed by atoms with Crippen LogP contribution >= 0.6 is 11.6 Å². The van der Waals surface area contributed by atoms with Crippen molar-refractivity contribution in [1.29, 1.82) is 0 Å². The predicted octanol–water partition coefficient (Wildman–Crippen LogP) is 2.66. The van der Waals surface area contributed by atoms with Gasteiger partial charge in [0.25, 0.3) is 0 Å². The standard InChI is InChI=1S/C21H27ClN4O3/c1-13-17(20(27)29-4)18(15-7-5-6-8-16(15)22)19(14(2)24-13)25(3)21(28)26-11-9-23-10-12-26/h5-8,18,23-24H,9-12H2,1-4H3. The third-order valence-corrected chi connectivity index (χ3v) is 5.73. The second kappa shape index (κ2) is 8.88. The summed E-state index contributed by atoms with van der Waals surface area (Å²) in [5.41, 5.74) is 3.37. The molecular weight excluding hydrogens is 392 g/mol. The van der Waals surface area contributed by atoms with Crippen LogP contribution in [-0.2, 0) is 9.53 Å². The molecule has 1 aromatic carbocycles. The van der Waals surface area contributed by atoms with Gasteiger partial charge in [-0.3, -0.25) is 4.90 Å². The largest absolute Gasteiger partial charge is 0.466 e. The highest BCUT2D eigenvalue weighted by Crippen LogP contribution is 2.42. The van der Waals surface area contributed by atoms with E-state index in [0.29, 0.717) is 35.1 Å². The van der Waals surface area contributed by atoms with Crippen molar-refractivity contribution in [2.24, 2.45) is 0 Å². The van der Waals surface area contributed by atoms with Crippen LogP contribution in [-0.4, -0.2) is 62.1 Å². The molecule has 7 nitrogen and oxygen atoms in total. The first-order valence-electron chi connectivity index (χ1n) is 9.61. The van der Waals surface area contributed by atoms with E-state index in [4.69, 9.17) is 16.3 Å². The molecule has 0 saturated carbocycles. The molecule has 2 aliphatic rings. The third kappa shape index (κ3) is 4.11. The molecule has 2 N–H and O–H groups in total. The number of benzene rings is 1. The zero-order valence-corrected chi connectivity index (χ0v) is 18.0. The van der Waals surface area contributed by atoms with Crippen molar-refractivity contribution in [3.05, 3.63) is 57.5 Å². The van der Waals surface area contributed by atoms with Crippen LogP contribution in [0.3, 0.4) is 0 Å². The summed E-state index contributed by atoms with van der Waals surface area (Å²) in [5.74, 6) is -0.970. The van der Waals surface area contributed by atoms with Gasteiger partial charge in [-0.05, 0) is 25.5 Å². The lowest BCUT2D eigenvalue weighted by Gasteiger charge is -2.38. The number of dihydropyridines is 1. The van der Waals surface area contributed by atoms with Gasteiger partial charge in [0.05, 0.1) is 24.3 Å². The number of hydrogen-bond acceptors (Lipinski definition) is 5. The van der Waals surface area contributed by atoms with Crippen molar-refractivity contribution in [3.63, 3.8) is 0 Å². The first kappa shape index (κ1) is 21.2. The average molecular weight is 419 g/mol. The molecule has 1 atom stereocenters. The van der Waals surface area contributed by atoms with Gasteiger partial charge in [0, 0.05) is 49.6 Å². The number of hydrogen-bond donors (Lipinski definition) is 2. The van der Waals surface area contributed by atoms with Crippen LogP contribution in [0.4, 0.5) is 4.79 Å². The van der Waals surface area contributed by atoms with Crippen molar-refractivity contribution in [1.82, 2.24) is 20.4 Å². The molecule has 1 aromatic rings. The Balaban J connectivity index is 2.09. The summed E-state index contributed by atoms with van der Waals surface area (Å²) in [5, 5.41) is 7.02. The summed E-state index contributed by atoms with van der Waals surface area (Å²) in [7, 11) is 3.09. The van der Waals surface area contributed by atoms with Crippen LogP contribution < -0.4 is 10.6 Å². The quantitative estimate of drug-likeness (QED) is 0.738. The normalized spacial score (nSPS) is 19.8. The first-order chi connectivity index (χ1) is 13.9. The van der Waals surface area contributed by atoms with Gasteiger partial charge in [-0.2, -0.15) is 0 Å². The van der Waals surface area contributed by atoms with E-state index in [1.165, 1.54) is 7.11 Å². The van der Waals surface area contributed by atoms with Crippen LogP contribution in [0.25, 0.3) is 0 Å². The molecular formula is C21H27ClN4O3. The maximum atomic E-state index is 13.2. The summed E-state index contributed by atoms with van der Waals surface area (Å²) in [4.78, 5) is 29.4. The Labute approximate surface area is 176 Å². The smallest absolute Gasteiger partial charge is 0.336 e. The van der Waals surface area contributed by atoms with Crippen LogP contribution in [0.1, 0.15) is 25.3 Å². The summed E-state index contributed by atoms with van der Waals surface area (Å²) < 4.78 is 5.07. The highest BCUT2D eigenvalue weighted by molar-refractivity contribution is 6.31. The Kier molecular flexibility index (Phi) is 6.49. The monoisotopic (exact) mass is 418 g/mol. The number of rotatable bonds is 3. The highest BCUT2D eigenvalue weighted by atomic mass is 35.5. The van der Waals surface area contributed by atoms with E-state index in [1.54, 1.807) is 18.0 Å². The molecule has 0 radical (unpaired) electrons. The minimum absolute atomic E-state index is 0.108. The lowest BCUT2D eigenvalue weighted by atomic mass is 9.83. The van der Waals surface area contributed by atoms with Crippen molar-refractivity contribution < 1.29 is 14.3 Å². The minimum atomic E-state index is -0.519. The van der Waals surface area contributed by atoms with Crippen molar-refractivity contribution in [2.75, 3.05) is 40.3 Å². The van der Waals surface area contributed by atoms with Gasteiger partial charge in [-0.25, -0.2) is 9.59 Å².